The highest BCUT2D eigenvalue weighted by atomic mass is 16.5. The molecule has 1 fully saturated rings. The Balaban J connectivity index is 1.80. The van der Waals surface area contributed by atoms with E-state index < -0.39 is 0 Å². The van der Waals surface area contributed by atoms with Crippen molar-refractivity contribution in [2.24, 2.45) is 5.41 Å². The molecule has 4 heteroatoms. The average Bonchev–Trinajstić information content (AvgIpc) is 3.08. The van der Waals surface area contributed by atoms with Gasteiger partial charge in [-0.2, -0.15) is 0 Å². The quantitative estimate of drug-likeness (QED) is 0.889. The first-order valence-electron chi connectivity index (χ1n) is 8.62. The second kappa shape index (κ2) is 6.78. The lowest BCUT2D eigenvalue weighted by atomic mass is 9.68. The molecule has 1 heterocycles. The predicted molar refractivity (Wildman–Crippen MR) is 87.5 cm³/mol. The minimum Gasteiger partial charge on any atom is -0.374 e. The summed E-state index contributed by atoms with van der Waals surface area (Å²) in [5.41, 5.74) is 0.923. The summed E-state index contributed by atoms with van der Waals surface area (Å²) in [6.45, 7) is 4.52. The van der Waals surface area contributed by atoms with Crippen LogP contribution in [0.15, 0.2) is 30.5 Å². The summed E-state index contributed by atoms with van der Waals surface area (Å²) in [5.74, 6) is 0.213. The summed E-state index contributed by atoms with van der Waals surface area (Å²) in [6, 6.07) is 0. The molecule has 0 bridgehead atoms. The van der Waals surface area contributed by atoms with Gasteiger partial charge in [0.1, 0.15) is 0 Å². The molecule has 120 valence electrons. The van der Waals surface area contributed by atoms with Crippen molar-refractivity contribution in [3.05, 3.63) is 36.2 Å². The molecular weight excluding hydrogens is 274 g/mol. The molecular formula is C18H27N3O. The van der Waals surface area contributed by atoms with Crippen molar-refractivity contribution in [1.29, 1.82) is 0 Å². The molecule has 1 saturated carbocycles. The molecule has 22 heavy (non-hydrogen) atoms. The molecule has 2 aliphatic rings. The van der Waals surface area contributed by atoms with Crippen molar-refractivity contribution < 1.29 is 4.74 Å². The first-order chi connectivity index (χ1) is 10.7. The van der Waals surface area contributed by atoms with Crippen LogP contribution in [0.1, 0.15) is 64.0 Å². The Morgan fingerprint density at radius 2 is 2.14 bits per heavy atom. The van der Waals surface area contributed by atoms with Crippen LogP contribution < -0.4 is 0 Å². The molecule has 0 aromatic carbocycles. The molecule has 2 aliphatic carbocycles. The fourth-order valence-electron chi connectivity index (χ4n) is 3.95. The van der Waals surface area contributed by atoms with Gasteiger partial charge in [0.25, 0.3) is 0 Å². The van der Waals surface area contributed by atoms with E-state index in [-0.39, 0.29) is 17.4 Å². The van der Waals surface area contributed by atoms with Crippen LogP contribution >= 0.6 is 0 Å². The van der Waals surface area contributed by atoms with E-state index >= 15 is 0 Å². The smallest absolute Gasteiger partial charge is 0.0902 e. The van der Waals surface area contributed by atoms with Gasteiger partial charge in [-0.25, -0.2) is 0 Å². The van der Waals surface area contributed by atoms with Crippen LogP contribution in [0.5, 0.6) is 0 Å². The lowest BCUT2D eigenvalue weighted by Crippen LogP contribution is -2.41. The van der Waals surface area contributed by atoms with E-state index in [0.29, 0.717) is 6.10 Å². The summed E-state index contributed by atoms with van der Waals surface area (Å²) in [4.78, 5) is 0. The van der Waals surface area contributed by atoms with Crippen molar-refractivity contribution in [1.82, 2.24) is 15.4 Å². The van der Waals surface area contributed by atoms with E-state index in [4.69, 9.17) is 4.74 Å². The predicted octanol–water partition coefficient (Wildman–Crippen LogP) is 4.15. The fraction of sp³-hybridized carbons (Fsp3) is 0.667. The number of nitrogens with one attached hydrogen (secondary N) is 1. The van der Waals surface area contributed by atoms with Crippen LogP contribution in [0.3, 0.4) is 0 Å². The molecule has 3 atom stereocenters. The average molecular weight is 301 g/mol. The number of aromatic amines is 1. The zero-order valence-electron chi connectivity index (χ0n) is 13.7. The molecule has 1 aromatic rings. The topological polar surface area (TPSA) is 50.8 Å². The molecule has 3 rings (SSSR count). The van der Waals surface area contributed by atoms with Crippen molar-refractivity contribution in [2.75, 3.05) is 0 Å². The Kier molecular flexibility index (Phi) is 4.77. The molecule has 0 amide bonds. The molecule has 1 N–H and O–H groups in total. The molecule has 1 aromatic heterocycles. The van der Waals surface area contributed by atoms with Crippen LogP contribution in [0.25, 0.3) is 0 Å². The third-order valence-corrected chi connectivity index (χ3v) is 5.27. The van der Waals surface area contributed by atoms with E-state index in [0.717, 1.165) is 12.1 Å². The third kappa shape index (κ3) is 3.02. The Morgan fingerprint density at radius 3 is 2.82 bits per heavy atom. The summed E-state index contributed by atoms with van der Waals surface area (Å²) >= 11 is 0. The minimum atomic E-state index is -0.0716. The van der Waals surface area contributed by atoms with E-state index in [1.165, 1.54) is 32.1 Å². The zero-order chi connectivity index (χ0) is 15.4. The van der Waals surface area contributed by atoms with Crippen molar-refractivity contribution in [3.8, 4) is 0 Å². The minimum absolute atomic E-state index is 0.0716. The van der Waals surface area contributed by atoms with Crippen molar-refractivity contribution in [3.63, 3.8) is 0 Å². The summed E-state index contributed by atoms with van der Waals surface area (Å²) in [5, 5.41) is 11.0. The highest BCUT2D eigenvalue weighted by Crippen LogP contribution is 2.45. The molecule has 4 nitrogen and oxygen atoms in total. The van der Waals surface area contributed by atoms with Crippen molar-refractivity contribution in [2.45, 2.75) is 70.5 Å². The largest absolute Gasteiger partial charge is 0.374 e. The second-order valence-corrected chi connectivity index (χ2v) is 6.78. The molecule has 0 saturated heterocycles. The van der Waals surface area contributed by atoms with Gasteiger partial charge in [0.15, 0.2) is 0 Å². The van der Waals surface area contributed by atoms with Gasteiger partial charge >= 0.3 is 0 Å². The Hall–Kier alpha value is -1.42. The normalized spacial score (nSPS) is 30.5. The number of rotatable bonds is 5. The maximum atomic E-state index is 6.57. The van der Waals surface area contributed by atoms with Gasteiger partial charge < -0.3 is 4.74 Å². The highest BCUT2D eigenvalue weighted by Gasteiger charge is 2.42. The first kappa shape index (κ1) is 15.5. The number of allylic oxidation sites excluding steroid dienone is 3. The lowest BCUT2D eigenvalue weighted by Gasteiger charge is -2.42. The van der Waals surface area contributed by atoms with Gasteiger partial charge in [-0.3, -0.25) is 5.10 Å². The monoisotopic (exact) mass is 301 g/mol. The molecule has 0 aliphatic heterocycles. The standard InChI is InChI=1S/C18H27N3O/c1-3-17(22-14-9-5-4-6-10-14)18(2)12-8-7-11-15(18)16-13-19-21-20-16/h7-8,11-15,17H,3-6,9-10H2,1-2H3,(H,19,20,21). The van der Waals surface area contributed by atoms with Crippen LogP contribution in [-0.2, 0) is 4.74 Å². The maximum absolute atomic E-state index is 6.57. The van der Waals surface area contributed by atoms with Gasteiger partial charge in [-0.15, -0.1) is 5.10 Å². The number of nitrogens with zero attached hydrogens (tertiary/aromatic N) is 2. The van der Waals surface area contributed by atoms with Crippen LogP contribution in [0.4, 0.5) is 0 Å². The molecule has 0 spiro atoms. The number of hydrogen-bond acceptors (Lipinski definition) is 3. The van der Waals surface area contributed by atoms with Crippen LogP contribution in [0, 0.1) is 5.41 Å². The van der Waals surface area contributed by atoms with Gasteiger partial charge in [-0.05, 0) is 19.3 Å². The van der Waals surface area contributed by atoms with Crippen molar-refractivity contribution >= 4 is 0 Å². The lowest BCUT2D eigenvalue weighted by molar-refractivity contribution is -0.0804. The van der Waals surface area contributed by atoms with Gasteiger partial charge in [0, 0.05) is 17.5 Å². The Labute approximate surface area is 133 Å². The third-order valence-electron chi connectivity index (χ3n) is 5.27. The van der Waals surface area contributed by atoms with E-state index in [2.05, 4.69) is 53.6 Å². The van der Waals surface area contributed by atoms with Crippen LogP contribution in [-0.4, -0.2) is 27.6 Å². The Bertz CT molecular complexity index is 516. The summed E-state index contributed by atoms with van der Waals surface area (Å²) in [6.07, 6.45) is 18.7. The first-order valence-corrected chi connectivity index (χ1v) is 8.62. The zero-order valence-corrected chi connectivity index (χ0v) is 13.7. The number of H-pyrrole nitrogens is 1. The fourth-order valence-corrected chi connectivity index (χ4v) is 3.95. The molecule has 0 radical (unpaired) electrons. The second-order valence-electron chi connectivity index (χ2n) is 6.78. The number of ether oxygens (including phenoxy) is 1. The van der Waals surface area contributed by atoms with Gasteiger partial charge in [0.05, 0.1) is 17.9 Å². The number of hydrogen-bond donors (Lipinski definition) is 1. The van der Waals surface area contributed by atoms with E-state index in [1.807, 2.05) is 6.20 Å². The summed E-state index contributed by atoms with van der Waals surface area (Å²) < 4.78 is 6.57. The van der Waals surface area contributed by atoms with Gasteiger partial charge in [0.2, 0.25) is 0 Å². The number of aromatic nitrogens is 3. The SMILES string of the molecule is CCC(OC1CCCCC1)C1(C)C=CC=CC1c1c[nH]nn1. The highest BCUT2D eigenvalue weighted by molar-refractivity contribution is 5.29. The Morgan fingerprint density at radius 1 is 1.32 bits per heavy atom. The molecule has 3 unspecified atom stereocenters. The maximum Gasteiger partial charge on any atom is 0.0902 e. The van der Waals surface area contributed by atoms with E-state index in [9.17, 15) is 0 Å². The van der Waals surface area contributed by atoms with Crippen LogP contribution in [0.2, 0.25) is 0 Å². The summed E-state index contributed by atoms with van der Waals surface area (Å²) in [7, 11) is 0. The van der Waals surface area contributed by atoms with E-state index in [1.54, 1.807) is 0 Å². The van der Waals surface area contributed by atoms with Gasteiger partial charge in [-0.1, -0.05) is 62.6 Å².